The van der Waals surface area contributed by atoms with Crippen LogP contribution in [-0.4, -0.2) is 22.1 Å². The van der Waals surface area contributed by atoms with Crippen molar-refractivity contribution in [2.45, 2.75) is 65.0 Å². The van der Waals surface area contributed by atoms with E-state index < -0.39 is 0 Å². The van der Waals surface area contributed by atoms with E-state index in [0.717, 1.165) is 17.8 Å². The summed E-state index contributed by atoms with van der Waals surface area (Å²) in [5, 5.41) is 7.18. The van der Waals surface area contributed by atoms with Gasteiger partial charge in [-0.1, -0.05) is 17.3 Å². The molecule has 4 aliphatic rings. The minimum Gasteiger partial charge on any atom is -0.485 e. The molecular formula is C23H29N3O3. The maximum absolute atomic E-state index is 13.1. The zero-order chi connectivity index (χ0) is 20.0. The molecule has 1 aromatic heterocycles. The molecule has 29 heavy (non-hydrogen) atoms. The Bertz CT molecular complexity index is 871. The second kappa shape index (κ2) is 7.15. The highest BCUT2D eigenvalue weighted by atomic mass is 16.5. The molecule has 0 radical (unpaired) electrons. The third-order valence-corrected chi connectivity index (χ3v) is 7.41. The number of para-hydroxylation sites is 1. The summed E-state index contributed by atoms with van der Waals surface area (Å²) in [6, 6.07) is 7.55. The number of carbonyl (C=O) groups is 1. The Kier molecular flexibility index (Phi) is 4.60. The molecule has 1 atom stereocenters. The predicted molar refractivity (Wildman–Crippen MR) is 107 cm³/mol. The Morgan fingerprint density at radius 3 is 2.48 bits per heavy atom. The molecule has 1 heterocycles. The van der Waals surface area contributed by atoms with Crippen molar-refractivity contribution < 1.29 is 14.1 Å². The van der Waals surface area contributed by atoms with E-state index in [-0.39, 0.29) is 24.0 Å². The molecule has 1 N–H and O–H groups in total. The van der Waals surface area contributed by atoms with E-state index in [0.29, 0.717) is 23.0 Å². The Hall–Kier alpha value is -2.37. The van der Waals surface area contributed by atoms with Crippen LogP contribution in [0.1, 0.15) is 67.5 Å². The van der Waals surface area contributed by atoms with E-state index in [9.17, 15) is 4.79 Å². The smallest absolute Gasteiger partial charge is 0.255 e. The first kappa shape index (κ1) is 18.6. The fraction of sp³-hybridized carbons (Fsp3) is 0.609. The second-order valence-corrected chi connectivity index (χ2v) is 9.49. The molecule has 4 fully saturated rings. The van der Waals surface area contributed by atoms with Crippen molar-refractivity contribution in [1.29, 1.82) is 0 Å². The minimum absolute atomic E-state index is 0.0619. The average Bonchev–Trinajstić information content (AvgIpc) is 3.10. The van der Waals surface area contributed by atoms with E-state index in [1.807, 2.05) is 24.3 Å². The highest BCUT2D eigenvalue weighted by Crippen LogP contribution is 2.61. The van der Waals surface area contributed by atoms with Gasteiger partial charge in [0.1, 0.15) is 5.75 Å². The van der Waals surface area contributed by atoms with Crippen LogP contribution in [0.2, 0.25) is 0 Å². The van der Waals surface area contributed by atoms with E-state index in [4.69, 9.17) is 9.26 Å². The SMILES string of the molecule is Cc1nc(COc2ccccc2C(=O)NC(C)C23CC4CC(CC(C4)C2)C3)no1. The highest BCUT2D eigenvalue weighted by Gasteiger charge is 2.53. The number of carbonyl (C=O) groups excluding carboxylic acids is 1. The van der Waals surface area contributed by atoms with Gasteiger partial charge < -0.3 is 14.6 Å². The molecule has 0 saturated heterocycles. The van der Waals surface area contributed by atoms with Crippen molar-refractivity contribution in [3.8, 4) is 5.75 Å². The third-order valence-electron chi connectivity index (χ3n) is 7.41. The summed E-state index contributed by atoms with van der Waals surface area (Å²) >= 11 is 0. The average molecular weight is 396 g/mol. The fourth-order valence-corrected chi connectivity index (χ4v) is 6.46. The number of nitrogens with one attached hydrogen (secondary N) is 1. The predicted octanol–water partition coefficient (Wildman–Crippen LogP) is 4.29. The van der Waals surface area contributed by atoms with Gasteiger partial charge in [-0.15, -0.1) is 0 Å². The fourth-order valence-electron chi connectivity index (χ4n) is 6.46. The van der Waals surface area contributed by atoms with Crippen LogP contribution in [-0.2, 0) is 6.61 Å². The molecule has 1 amide bonds. The number of aryl methyl sites for hydroxylation is 1. The first-order valence-electron chi connectivity index (χ1n) is 10.8. The Balaban J connectivity index is 1.28. The number of benzene rings is 1. The van der Waals surface area contributed by atoms with Crippen molar-refractivity contribution >= 4 is 5.91 Å². The van der Waals surface area contributed by atoms with Crippen LogP contribution in [0.25, 0.3) is 0 Å². The molecule has 4 saturated carbocycles. The van der Waals surface area contributed by atoms with Gasteiger partial charge in [-0.3, -0.25) is 4.79 Å². The molecule has 2 aromatic rings. The topological polar surface area (TPSA) is 77.2 Å². The Labute approximate surface area is 171 Å². The quantitative estimate of drug-likeness (QED) is 0.789. The number of hydrogen-bond acceptors (Lipinski definition) is 5. The number of ether oxygens (including phenoxy) is 1. The molecule has 0 spiro atoms. The molecule has 4 bridgehead atoms. The molecule has 6 heteroatoms. The van der Waals surface area contributed by atoms with Crippen molar-refractivity contribution in [2.75, 3.05) is 0 Å². The standard InChI is InChI=1S/C23H29N3O3/c1-14(23-10-16-7-17(11-23)9-18(8-16)12-23)24-22(27)19-5-3-4-6-20(19)28-13-21-25-15(2)29-26-21/h3-6,14,16-18H,7-13H2,1-2H3,(H,24,27). The lowest BCUT2D eigenvalue weighted by Gasteiger charge is -2.59. The van der Waals surface area contributed by atoms with Crippen LogP contribution in [0, 0.1) is 30.1 Å². The maximum Gasteiger partial charge on any atom is 0.255 e. The summed E-state index contributed by atoms with van der Waals surface area (Å²) in [5.41, 5.74) is 0.840. The van der Waals surface area contributed by atoms with Crippen LogP contribution in [0.15, 0.2) is 28.8 Å². The lowest BCUT2D eigenvalue weighted by atomic mass is 9.48. The lowest BCUT2D eigenvalue weighted by molar-refractivity contribution is -0.0688. The highest BCUT2D eigenvalue weighted by molar-refractivity contribution is 5.97. The first-order valence-corrected chi connectivity index (χ1v) is 10.8. The van der Waals surface area contributed by atoms with Gasteiger partial charge >= 0.3 is 0 Å². The summed E-state index contributed by atoms with van der Waals surface area (Å²) in [7, 11) is 0. The number of hydrogen-bond donors (Lipinski definition) is 1. The van der Waals surface area contributed by atoms with Gasteiger partial charge in [0.15, 0.2) is 6.61 Å². The van der Waals surface area contributed by atoms with E-state index in [2.05, 4.69) is 22.4 Å². The molecule has 6 nitrogen and oxygen atoms in total. The third kappa shape index (κ3) is 3.53. The van der Waals surface area contributed by atoms with Gasteiger partial charge in [0.2, 0.25) is 11.7 Å². The molecule has 4 aliphatic carbocycles. The normalized spacial score (nSPS) is 30.9. The molecule has 1 aromatic carbocycles. The van der Waals surface area contributed by atoms with Gasteiger partial charge in [0, 0.05) is 13.0 Å². The molecule has 1 unspecified atom stereocenters. The minimum atomic E-state index is -0.0619. The van der Waals surface area contributed by atoms with Crippen LogP contribution >= 0.6 is 0 Å². The molecule has 0 aliphatic heterocycles. The summed E-state index contributed by atoms with van der Waals surface area (Å²) in [6.45, 7) is 4.12. The zero-order valence-electron chi connectivity index (χ0n) is 17.2. The van der Waals surface area contributed by atoms with Crippen molar-refractivity contribution in [1.82, 2.24) is 15.5 Å². The molecule has 154 valence electrons. The Morgan fingerprint density at radius 2 is 1.86 bits per heavy atom. The monoisotopic (exact) mass is 395 g/mol. The summed E-state index contributed by atoms with van der Waals surface area (Å²) in [6.07, 6.45) is 8.05. The largest absolute Gasteiger partial charge is 0.485 e. The van der Waals surface area contributed by atoms with Gasteiger partial charge in [-0.25, -0.2) is 0 Å². The van der Waals surface area contributed by atoms with E-state index in [1.54, 1.807) is 6.92 Å². The second-order valence-electron chi connectivity index (χ2n) is 9.49. The molecule has 6 rings (SSSR count). The lowest BCUT2D eigenvalue weighted by Crippen LogP contribution is -2.55. The van der Waals surface area contributed by atoms with Gasteiger partial charge in [-0.2, -0.15) is 4.98 Å². The zero-order valence-corrected chi connectivity index (χ0v) is 17.2. The maximum atomic E-state index is 13.1. The number of aromatic nitrogens is 2. The van der Waals surface area contributed by atoms with Crippen molar-refractivity contribution in [3.05, 3.63) is 41.5 Å². The first-order chi connectivity index (χ1) is 14.0. The van der Waals surface area contributed by atoms with Gasteiger partial charge in [0.25, 0.3) is 5.91 Å². The number of rotatable bonds is 6. The number of nitrogens with zero attached hydrogens (tertiary/aromatic N) is 2. The summed E-state index contributed by atoms with van der Waals surface area (Å²) in [4.78, 5) is 17.3. The van der Waals surface area contributed by atoms with E-state index >= 15 is 0 Å². The van der Waals surface area contributed by atoms with Gasteiger partial charge in [0.05, 0.1) is 5.56 Å². The van der Waals surface area contributed by atoms with Crippen molar-refractivity contribution in [2.24, 2.45) is 23.2 Å². The summed E-state index contributed by atoms with van der Waals surface area (Å²) in [5.74, 6) is 4.07. The Morgan fingerprint density at radius 1 is 1.21 bits per heavy atom. The van der Waals surface area contributed by atoms with Crippen LogP contribution in [0.5, 0.6) is 5.75 Å². The summed E-state index contributed by atoms with van der Waals surface area (Å²) < 4.78 is 10.8. The van der Waals surface area contributed by atoms with Crippen LogP contribution in [0.4, 0.5) is 0 Å². The number of amides is 1. The van der Waals surface area contributed by atoms with Crippen molar-refractivity contribution in [3.63, 3.8) is 0 Å². The molecular weight excluding hydrogens is 366 g/mol. The van der Waals surface area contributed by atoms with Crippen LogP contribution in [0.3, 0.4) is 0 Å². The van der Waals surface area contributed by atoms with Crippen LogP contribution < -0.4 is 10.1 Å². The van der Waals surface area contributed by atoms with E-state index in [1.165, 1.54) is 38.5 Å². The van der Waals surface area contributed by atoms with Gasteiger partial charge in [-0.05, 0) is 80.8 Å².